The normalized spacial score (nSPS) is 16.4. The van der Waals surface area contributed by atoms with E-state index in [-0.39, 0.29) is 11.9 Å². The molecule has 0 bridgehead atoms. The van der Waals surface area contributed by atoms with Crippen LogP contribution in [0.3, 0.4) is 0 Å². The summed E-state index contributed by atoms with van der Waals surface area (Å²) in [5, 5.41) is 3.86. The first-order valence-corrected chi connectivity index (χ1v) is 8.33. The molecule has 1 aliphatic rings. The lowest BCUT2D eigenvalue weighted by Crippen LogP contribution is -2.32. The molecule has 3 nitrogen and oxygen atoms in total. The Labute approximate surface area is 146 Å². The number of fused-ring (bicyclic) bond motifs is 1. The van der Waals surface area contributed by atoms with Gasteiger partial charge in [-0.1, -0.05) is 47.5 Å². The van der Waals surface area contributed by atoms with Crippen molar-refractivity contribution < 1.29 is 4.79 Å². The molecule has 2 aromatic carbocycles. The highest BCUT2D eigenvalue weighted by molar-refractivity contribution is 6.35. The van der Waals surface area contributed by atoms with Crippen molar-refractivity contribution in [3.05, 3.63) is 63.6 Å². The van der Waals surface area contributed by atoms with Crippen LogP contribution in [0, 0.1) is 0 Å². The summed E-state index contributed by atoms with van der Waals surface area (Å²) in [4.78, 5) is 14.4. The lowest BCUT2D eigenvalue weighted by molar-refractivity contribution is -0.117. The molecule has 1 unspecified atom stereocenters. The SMILES string of the molecule is CN(CC(=O)Nc1cc(Cl)ccc1Cl)C1CCc2ccccc21. The predicted molar refractivity (Wildman–Crippen MR) is 95.2 cm³/mol. The molecule has 3 rings (SSSR count). The van der Waals surface area contributed by atoms with E-state index in [9.17, 15) is 4.79 Å². The summed E-state index contributed by atoms with van der Waals surface area (Å²) in [6.45, 7) is 0.307. The zero-order chi connectivity index (χ0) is 16.4. The monoisotopic (exact) mass is 348 g/mol. The first-order valence-electron chi connectivity index (χ1n) is 7.57. The number of rotatable bonds is 4. The van der Waals surface area contributed by atoms with E-state index in [0.717, 1.165) is 12.8 Å². The first kappa shape index (κ1) is 16.3. The third-order valence-electron chi connectivity index (χ3n) is 4.23. The van der Waals surface area contributed by atoms with Crippen molar-refractivity contribution in [3.63, 3.8) is 0 Å². The van der Waals surface area contributed by atoms with Crippen molar-refractivity contribution in [1.29, 1.82) is 0 Å². The summed E-state index contributed by atoms with van der Waals surface area (Å²) in [6.07, 6.45) is 2.11. The molecule has 1 amide bonds. The number of amides is 1. The number of carbonyl (C=O) groups excluding carboxylic acids is 1. The van der Waals surface area contributed by atoms with E-state index >= 15 is 0 Å². The van der Waals surface area contributed by atoms with Crippen molar-refractivity contribution >= 4 is 34.8 Å². The van der Waals surface area contributed by atoms with Gasteiger partial charge in [0.25, 0.3) is 0 Å². The number of nitrogens with one attached hydrogen (secondary N) is 1. The molecule has 1 aliphatic carbocycles. The molecule has 23 heavy (non-hydrogen) atoms. The second-order valence-electron chi connectivity index (χ2n) is 5.84. The molecule has 0 saturated carbocycles. The molecule has 0 fully saturated rings. The largest absolute Gasteiger partial charge is 0.324 e. The van der Waals surface area contributed by atoms with Crippen LogP contribution in [0.25, 0.3) is 0 Å². The summed E-state index contributed by atoms with van der Waals surface area (Å²) < 4.78 is 0. The number of likely N-dealkylation sites (N-methyl/N-ethyl adjacent to an activating group) is 1. The molecule has 120 valence electrons. The molecule has 0 aromatic heterocycles. The van der Waals surface area contributed by atoms with E-state index in [1.165, 1.54) is 11.1 Å². The predicted octanol–water partition coefficient (Wildman–Crippen LogP) is 4.55. The maximum Gasteiger partial charge on any atom is 0.238 e. The molecular weight excluding hydrogens is 331 g/mol. The highest BCUT2D eigenvalue weighted by Gasteiger charge is 2.26. The number of aryl methyl sites for hydroxylation is 1. The standard InChI is InChI=1S/C18H18Cl2N2O/c1-22(17-9-6-12-4-2-3-5-14(12)17)11-18(23)21-16-10-13(19)7-8-15(16)20/h2-5,7-8,10,17H,6,9,11H2,1H3,(H,21,23). The number of nitrogens with zero attached hydrogens (tertiary/aromatic N) is 1. The maximum absolute atomic E-state index is 12.3. The average Bonchev–Trinajstić information content (AvgIpc) is 2.95. The van der Waals surface area contributed by atoms with Gasteiger partial charge in [-0.05, 0) is 49.2 Å². The van der Waals surface area contributed by atoms with Crippen LogP contribution in [0.2, 0.25) is 10.0 Å². The minimum atomic E-state index is -0.0963. The van der Waals surface area contributed by atoms with Gasteiger partial charge in [0, 0.05) is 11.1 Å². The average molecular weight is 349 g/mol. The number of halogens is 2. The van der Waals surface area contributed by atoms with Gasteiger partial charge in [0.2, 0.25) is 5.91 Å². The molecule has 0 heterocycles. The number of anilines is 1. The van der Waals surface area contributed by atoms with Crippen molar-refractivity contribution in [3.8, 4) is 0 Å². The van der Waals surface area contributed by atoms with Crippen molar-refractivity contribution in [2.75, 3.05) is 18.9 Å². The molecule has 2 aromatic rings. The Morgan fingerprint density at radius 3 is 2.87 bits per heavy atom. The van der Waals surface area contributed by atoms with Gasteiger partial charge in [0.05, 0.1) is 17.3 Å². The number of benzene rings is 2. The zero-order valence-electron chi connectivity index (χ0n) is 12.9. The minimum Gasteiger partial charge on any atom is -0.324 e. The lowest BCUT2D eigenvalue weighted by Gasteiger charge is -2.24. The summed E-state index contributed by atoms with van der Waals surface area (Å²) in [7, 11) is 1.98. The van der Waals surface area contributed by atoms with Crippen LogP contribution in [-0.2, 0) is 11.2 Å². The van der Waals surface area contributed by atoms with E-state index in [1.807, 2.05) is 7.05 Å². The Morgan fingerprint density at radius 2 is 2.04 bits per heavy atom. The van der Waals surface area contributed by atoms with Crippen LogP contribution in [0.4, 0.5) is 5.69 Å². The fraction of sp³-hybridized carbons (Fsp3) is 0.278. The third kappa shape index (κ3) is 3.69. The summed E-state index contributed by atoms with van der Waals surface area (Å²) in [6, 6.07) is 13.7. The molecule has 0 aliphatic heterocycles. The maximum atomic E-state index is 12.3. The van der Waals surface area contributed by atoms with Crippen molar-refractivity contribution in [2.45, 2.75) is 18.9 Å². The van der Waals surface area contributed by atoms with E-state index < -0.39 is 0 Å². The summed E-state index contributed by atoms with van der Waals surface area (Å²) in [5.74, 6) is -0.0963. The zero-order valence-corrected chi connectivity index (χ0v) is 14.4. The van der Waals surface area contributed by atoms with Gasteiger partial charge in [-0.15, -0.1) is 0 Å². The molecule has 0 spiro atoms. The Kier molecular flexibility index (Phi) is 4.90. The second kappa shape index (κ2) is 6.91. The van der Waals surface area contributed by atoms with Crippen molar-refractivity contribution in [1.82, 2.24) is 4.90 Å². The topological polar surface area (TPSA) is 32.3 Å². The number of hydrogen-bond acceptors (Lipinski definition) is 2. The Bertz CT molecular complexity index is 733. The second-order valence-corrected chi connectivity index (χ2v) is 6.68. The molecule has 5 heteroatoms. The van der Waals surface area contributed by atoms with Crippen LogP contribution < -0.4 is 5.32 Å². The Balaban J connectivity index is 1.65. The summed E-state index contributed by atoms with van der Waals surface area (Å²) in [5.41, 5.74) is 3.25. The van der Waals surface area contributed by atoms with Crippen LogP contribution in [-0.4, -0.2) is 24.4 Å². The summed E-state index contributed by atoms with van der Waals surface area (Å²) >= 11 is 12.0. The van der Waals surface area contributed by atoms with Crippen molar-refractivity contribution in [2.24, 2.45) is 0 Å². The molecular formula is C18H18Cl2N2O. The van der Waals surface area contributed by atoms with Crippen LogP contribution in [0.1, 0.15) is 23.6 Å². The molecule has 0 radical (unpaired) electrons. The Hall–Kier alpha value is -1.55. The van der Waals surface area contributed by atoms with Crippen LogP contribution in [0.5, 0.6) is 0 Å². The highest BCUT2D eigenvalue weighted by Crippen LogP contribution is 2.34. The van der Waals surface area contributed by atoms with E-state index in [2.05, 4.69) is 34.5 Å². The van der Waals surface area contributed by atoms with E-state index in [0.29, 0.717) is 22.3 Å². The fourth-order valence-electron chi connectivity index (χ4n) is 3.11. The number of carbonyl (C=O) groups is 1. The third-order valence-corrected chi connectivity index (χ3v) is 4.79. The van der Waals surface area contributed by atoms with Crippen LogP contribution in [0.15, 0.2) is 42.5 Å². The fourth-order valence-corrected chi connectivity index (χ4v) is 3.45. The lowest BCUT2D eigenvalue weighted by atomic mass is 10.1. The van der Waals surface area contributed by atoms with E-state index in [4.69, 9.17) is 23.2 Å². The van der Waals surface area contributed by atoms with Gasteiger partial charge in [0.15, 0.2) is 0 Å². The quantitative estimate of drug-likeness (QED) is 0.878. The number of hydrogen-bond donors (Lipinski definition) is 1. The van der Waals surface area contributed by atoms with Gasteiger partial charge in [0.1, 0.15) is 0 Å². The first-order chi connectivity index (χ1) is 11.0. The van der Waals surface area contributed by atoms with Crippen LogP contribution >= 0.6 is 23.2 Å². The van der Waals surface area contributed by atoms with Gasteiger partial charge in [-0.3, -0.25) is 9.69 Å². The molecule has 1 N–H and O–H groups in total. The minimum absolute atomic E-state index is 0.0963. The Morgan fingerprint density at radius 1 is 1.26 bits per heavy atom. The molecule has 1 atom stereocenters. The smallest absolute Gasteiger partial charge is 0.238 e. The van der Waals surface area contributed by atoms with E-state index in [1.54, 1.807) is 18.2 Å². The highest BCUT2D eigenvalue weighted by atomic mass is 35.5. The van der Waals surface area contributed by atoms with Gasteiger partial charge in [-0.25, -0.2) is 0 Å². The molecule has 0 saturated heterocycles. The van der Waals surface area contributed by atoms with Gasteiger partial charge >= 0.3 is 0 Å². The van der Waals surface area contributed by atoms with Gasteiger partial charge < -0.3 is 5.32 Å². The van der Waals surface area contributed by atoms with Gasteiger partial charge in [-0.2, -0.15) is 0 Å².